The van der Waals surface area contributed by atoms with Crippen molar-refractivity contribution in [3.8, 4) is 17.6 Å². The molecule has 1 aliphatic rings. The second-order valence-corrected chi connectivity index (χ2v) is 8.29. The monoisotopic (exact) mass is 447 g/mol. The van der Waals surface area contributed by atoms with Gasteiger partial charge in [0.15, 0.2) is 6.61 Å². The fourth-order valence-electron chi connectivity index (χ4n) is 3.57. The number of thiophene rings is 1. The summed E-state index contributed by atoms with van der Waals surface area (Å²) in [6.45, 7) is -0.194. The molecule has 162 valence electrons. The number of benzene rings is 2. The van der Waals surface area contributed by atoms with Crippen molar-refractivity contribution < 1.29 is 19.1 Å². The van der Waals surface area contributed by atoms with Crippen LogP contribution in [0.5, 0.6) is 11.5 Å². The molecule has 2 N–H and O–H groups in total. The van der Waals surface area contributed by atoms with Gasteiger partial charge in [0, 0.05) is 10.4 Å². The molecule has 3 aromatic rings. The van der Waals surface area contributed by atoms with Gasteiger partial charge in [-0.05, 0) is 61.2 Å². The Labute approximate surface area is 189 Å². The summed E-state index contributed by atoms with van der Waals surface area (Å²) in [4.78, 5) is 26.0. The number of nitriles is 1. The van der Waals surface area contributed by atoms with E-state index in [-0.39, 0.29) is 18.4 Å². The van der Waals surface area contributed by atoms with Crippen LogP contribution >= 0.6 is 11.3 Å². The maximum absolute atomic E-state index is 12.5. The summed E-state index contributed by atoms with van der Waals surface area (Å²) >= 11 is 1.47. The number of carbonyl (C=O) groups is 2. The van der Waals surface area contributed by atoms with Crippen LogP contribution in [0.4, 0.5) is 10.7 Å². The highest BCUT2D eigenvalue weighted by molar-refractivity contribution is 7.16. The lowest BCUT2D eigenvalue weighted by molar-refractivity contribution is -0.118. The lowest BCUT2D eigenvalue weighted by Gasteiger charge is -2.10. The molecule has 0 saturated carbocycles. The van der Waals surface area contributed by atoms with Crippen LogP contribution in [0.1, 0.15) is 32.8 Å². The standard InChI is InChI=1S/C24H21N3O4S/c1-30-20-7-3-2-6-19(20)26-23(29)15-9-11-16(12-10-15)31-14-22(28)27-24-18(13-25)17-5-4-8-21(17)32-24/h2-3,6-7,9-12H,4-5,8,14H2,1H3,(H,26,29)(H,27,28). The molecule has 0 radical (unpaired) electrons. The molecule has 0 aliphatic heterocycles. The molecule has 1 heterocycles. The minimum Gasteiger partial charge on any atom is -0.495 e. The Kier molecular flexibility index (Phi) is 6.38. The average molecular weight is 448 g/mol. The SMILES string of the molecule is COc1ccccc1NC(=O)c1ccc(OCC(=O)Nc2sc3c(c2C#N)CCC3)cc1. The van der Waals surface area contributed by atoms with E-state index < -0.39 is 0 Å². The first-order valence-electron chi connectivity index (χ1n) is 10.1. The Morgan fingerprint density at radius 2 is 1.88 bits per heavy atom. The van der Waals surface area contributed by atoms with Gasteiger partial charge in [0.05, 0.1) is 18.4 Å². The van der Waals surface area contributed by atoms with Crippen LogP contribution in [0.15, 0.2) is 48.5 Å². The first-order chi connectivity index (χ1) is 15.6. The number of methoxy groups -OCH3 is 1. The van der Waals surface area contributed by atoms with Crippen molar-refractivity contribution >= 4 is 33.8 Å². The van der Waals surface area contributed by atoms with Crippen molar-refractivity contribution in [2.75, 3.05) is 24.4 Å². The Morgan fingerprint density at radius 1 is 1.09 bits per heavy atom. The first kappa shape index (κ1) is 21.4. The van der Waals surface area contributed by atoms with Crippen molar-refractivity contribution in [1.29, 1.82) is 5.26 Å². The maximum atomic E-state index is 12.5. The molecule has 7 nitrogen and oxygen atoms in total. The summed E-state index contributed by atoms with van der Waals surface area (Å²) < 4.78 is 10.8. The van der Waals surface area contributed by atoms with Crippen molar-refractivity contribution in [2.24, 2.45) is 0 Å². The Balaban J connectivity index is 1.33. The van der Waals surface area contributed by atoms with Crippen molar-refractivity contribution in [1.82, 2.24) is 0 Å². The van der Waals surface area contributed by atoms with E-state index in [2.05, 4.69) is 16.7 Å². The molecule has 0 atom stereocenters. The Bertz CT molecular complexity index is 1190. The number of anilines is 2. The summed E-state index contributed by atoms with van der Waals surface area (Å²) in [5, 5.41) is 15.6. The van der Waals surface area contributed by atoms with Crippen LogP contribution in [-0.4, -0.2) is 25.5 Å². The minimum absolute atomic E-state index is 0.194. The fraction of sp³-hybridized carbons (Fsp3) is 0.208. The topological polar surface area (TPSA) is 100 Å². The number of ether oxygens (including phenoxy) is 2. The van der Waals surface area contributed by atoms with Crippen LogP contribution in [0.2, 0.25) is 0 Å². The summed E-state index contributed by atoms with van der Waals surface area (Å²) in [7, 11) is 1.54. The molecule has 8 heteroatoms. The normalized spacial score (nSPS) is 11.9. The predicted octanol–water partition coefficient (Wildman–Crippen LogP) is 4.39. The number of hydrogen-bond acceptors (Lipinski definition) is 6. The number of fused-ring (bicyclic) bond motifs is 1. The fourth-order valence-corrected chi connectivity index (χ4v) is 4.82. The molecule has 1 aliphatic carbocycles. The average Bonchev–Trinajstić information content (AvgIpc) is 3.39. The highest BCUT2D eigenvalue weighted by Gasteiger charge is 2.23. The van der Waals surface area contributed by atoms with Gasteiger partial charge < -0.3 is 20.1 Å². The van der Waals surface area contributed by atoms with Gasteiger partial charge in [0.2, 0.25) is 0 Å². The molecule has 2 amide bonds. The second kappa shape index (κ2) is 9.54. The number of amides is 2. The van der Waals surface area contributed by atoms with E-state index >= 15 is 0 Å². The molecule has 32 heavy (non-hydrogen) atoms. The third-order valence-electron chi connectivity index (χ3n) is 5.13. The van der Waals surface area contributed by atoms with E-state index in [4.69, 9.17) is 9.47 Å². The van der Waals surface area contributed by atoms with E-state index in [1.54, 1.807) is 43.5 Å². The van der Waals surface area contributed by atoms with Gasteiger partial charge in [-0.3, -0.25) is 9.59 Å². The molecule has 2 aromatic carbocycles. The minimum atomic E-state index is -0.334. The van der Waals surface area contributed by atoms with E-state index in [9.17, 15) is 14.9 Å². The molecule has 4 rings (SSSR count). The summed E-state index contributed by atoms with van der Waals surface area (Å²) in [5.74, 6) is 0.415. The van der Waals surface area contributed by atoms with Crippen LogP contribution in [0, 0.1) is 11.3 Å². The number of nitrogens with one attached hydrogen (secondary N) is 2. The maximum Gasteiger partial charge on any atom is 0.262 e. The third kappa shape index (κ3) is 4.58. The smallest absolute Gasteiger partial charge is 0.262 e. The van der Waals surface area contributed by atoms with Crippen LogP contribution in [0.25, 0.3) is 0 Å². The van der Waals surface area contributed by atoms with Gasteiger partial charge >= 0.3 is 0 Å². The van der Waals surface area contributed by atoms with Crippen LogP contribution in [-0.2, 0) is 17.6 Å². The predicted molar refractivity (Wildman–Crippen MR) is 123 cm³/mol. The van der Waals surface area contributed by atoms with E-state index in [0.29, 0.717) is 33.3 Å². The zero-order chi connectivity index (χ0) is 22.5. The van der Waals surface area contributed by atoms with Gasteiger partial charge in [0.25, 0.3) is 11.8 Å². The second-order valence-electron chi connectivity index (χ2n) is 7.19. The quantitative estimate of drug-likeness (QED) is 0.560. The number of rotatable bonds is 7. The molecular weight excluding hydrogens is 426 g/mol. The third-order valence-corrected chi connectivity index (χ3v) is 6.33. The van der Waals surface area contributed by atoms with Crippen molar-refractivity contribution in [3.63, 3.8) is 0 Å². The number of nitrogens with zero attached hydrogens (tertiary/aromatic N) is 1. The number of carbonyl (C=O) groups excluding carboxylic acids is 2. The van der Waals surface area contributed by atoms with Gasteiger partial charge in [-0.25, -0.2) is 0 Å². The number of para-hydroxylation sites is 2. The lowest BCUT2D eigenvalue weighted by Crippen LogP contribution is -2.20. The lowest BCUT2D eigenvalue weighted by atomic mass is 10.1. The van der Waals surface area contributed by atoms with Crippen molar-refractivity contribution in [3.05, 3.63) is 70.1 Å². The van der Waals surface area contributed by atoms with E-state index in [0.717, 1.165) is 24.8 Å². The Morgan fingerprint density at radius 3 is 2.62 bits per heavy atom. The van der Waals surface area contributed by atoms with Gasteiger partial charge in [0.1, 0.15) is 22.6 Å². The summed E-state index contributed by atoms with van der Waals surface area (Å²) in [6.07, 6.45) is 2.90. The van der Waals surface area contributed by atoms with Crippen LogP contribution in [0.3, 0.4) is 0 Å². The number of aryl methyl sites for hydroxylation is 1. The first-order valence-corrected chi connectivity index (χ1v) is 10.9. The molecule has 0 fully saturated rings. The van der Waals surface area contributed by atoms with E-state index in [1.165, 1.54) is 16.2 Å². The van der Waals surface area contributed by atoms with Crippen LogP contribution < -0.4 is 20.1 Å². The zero-order valence-corrected chi connectivity index (χ0v) is 18.3. The van der Waals surface area contributed by atoms with Gasteiger partial charge in [-0.2, -0.15) is 5.26 Å². The Hall–Kier alpha value is -3.83. The van der Waals surface area contributed by atoms with Gasteiger partial charge in [-0.15, -0.1) is 11.3 Å². The van der Waals surface area contributed by atoms with E-state index in [1.807, 2.05) is 12.1 Å². The summed E-state index contributed by atoms with van der Waals surface area (Å²) in [5.41, 5.74) is 2.66. The molecule has 0 saturated heterocycles. The summed E-state index contributed by atoms with van der Waals surface area (Å²) in [6, 6.07) is 15.9. The molecule has 0 bridgehead atoms. The zero-order valence-electron chi connectivity index (χ0n) is 17.4. The van der Waals surface area contributed by atoms with Crippen molar-refractivity contribution in [2.45, 2.75) is 19.3 Å². The highest BCUT2D eigenvalue weighted by atomic mass is 32.1. The van der Waals surface area contributed by atoms with Gasteiger partial charge in [-0.1, -0.05) is 12.1 Å². The molecule has 0 spiro atoms. The highest BCUT2D eigenvalue weighted by Crippen LogP contribution is 2.38. The molecule has 1 aromatic heterocycles. The number of hydrogen-bond donors (Lipinski definition) is 2. The molecular formula is C24H21N3O4S. The molecule has 0 unspecified atom stereocenters. The largest absolute Gasteiger partial charge is 0.495 e.